The van der Waals surface area contributed by atoms with Crippen molar-refractivity contribution in [2.45, 2.75) is 19.0 Å². The Morgan fingerprint density at radius 2 is 1.78 bits per heavy atom. The van der Waals surface area contributed by atoms with Crippen LogP contribution in [0.15, 0.2) is 24.3 Å². The molecule has 7 heteroatoms. The number of benzene rings is 1. The minimum atomic E-state index is -1.33. The molecule has 2 aliphatic rings. The Bertz CT molecular complexity index is 674. The van der Waals surface area contributed by atoms with E-state index in [1.54, 1.807) is 4.90 Å². The van der Waals surface area contributed by atoms with Crippen molar-refractivity contribution < 1.29 is 24.6 Å². The maximum absolute atomic E-state index is 12.6. The van der Waals surface area contributed by atoms with Gasteiger partial charge in [0.25, 0.3) is 0 Å². The van der Waals surface area contributed by atoms with Crippen LogP contribution in [0.4, 0.5) is 0 Å². The van der Waals surface area contributed by atoms with Gasteiger partial charge in [-0.1, -0.05) is 24.3 Å². The van der Waals surface area contributed by atoms with Crippen molar-refractivity contribution in [2.75, 3.05) is 6.54 Å². The van der Waals surface area contributed by atoms with Crippen molar-refractivity contribution in [3.63, 3.8) is 0 Å². The zero-order valence-electron chi connectivity index (χ0n) is 12.4. The first-order valence-corrected chi connectivity index (χ1v) is 7.48. The third kappa shape index (κ3) is 2.68. The van der Waals surface area contributed by atoms with Crippen molar-refractivity contribution >= 4 is 17.8 Å². The van der Waals surface area contributed by atoms with Crippen LogP contribution in [0.5, 0.6) is 0 Å². The summed E-state index contributed by atoms with van der Waals surface area (Å²) in [6.45, 7) is 0.931. The van der Waals surface area contributed by atoms with Crippen molar-refractivity contribution in [1.29, 1.82) is 0 Å². The molecular weight excluding hydrogens is 300 g/mol. The van der Waals surface area contributed by atoms with E-state index in [9.17, 15) is 19.5 Å². The topological polar surface area (TPSA) is 121 Å². The Hall–Kier alpha value is -2.41. The Morgan fingerprint density at radius 1 is 1.13 bits per heavy atom. The standard InChI is InChI=1S/C16H18N2O5/c17-13(16(22)23)10-11(12(10)15(20)21)14(19)18-6-5-8-3-1-2-4-9(8)7-18/h1-4,10-13H,5-7,17H2,(H,20,21)(H,22,23)/t10-,11+,12+,13?/m0/s1. The minimum Gasteiger partial charge on any atom is -0.481 e. The highest BCUT2D eigenvalue weighted by Gasteiger charge is 2.64. The van der Waals surface area contributed by atoms with Crippen LogP contribution < -0.4 is 5.73 Å². The largest absolute Gasteiger partial charge is 0.481 e. The van der Waals surface area contributed by atoms with Crippen LogP contribution in [0, 0.1) is 17.8 Å². The van der Waals surface area contributed by atoms with Crippen LogP contribution in [0.2, 0.25) is 0 Å². The lowest BCUT2D eigenvalue weighted by atomic mass is 9.99. The van der Waals surface area contributed by atoms with E-state index in [1.807, 2.05) is 24.3 Å². The zero-order chi connectivity index (χ0) is 16.7. The molecule has 1 aromatic carbocycles. The molecule has 0 aromatic heterocycles. The molecule has 1 amide bonds. The molecule has 1 fully saturated rings. The van der Waals surface area contributed by atoms with Gasteiger partial charge >= 0.3 is 11.9 Å². The first-order valence-electron chi connectivity index (χ1n) is 7.48. The Labute approximate surface area is 132 Å². The van der Waals surface area contributed by atoms with Gasteiger partial charge in [0.2, 0.25) is 5.91 Å². The second-order valence-electron chi connectivity index (χ2n) is 6.11. The van der Waals surface area contributed by atoms with E-state index in [0.29, 0.717) is 19.5 Å². The third-order valence-corrected chi connectivity index (χ3v) is 4.79. The van der Waals surface area contributed by atoms with Crippen molar-refractivity contribution in [3.05, 3.63) is 35.4 Å². The lowest BCUT2D eigenvalue weighted by Crippen LogP contribution is -2.39. The summed E-state index contributed by atoms with van der Waals surface area (Å²) in [7, 11) is 0. The van der Waals surface area contributed by atoms with Gasteiger partial charge in [0.05, 0.1) is 11.8 Å². The number of nitrogens with zero attached hydrogens (tertiary/aromatic N) is 1. The molecule has 1 aliphatic carbocycles. The maximum Gasteiger partial charge on any atom is 0.320 e. The number of nitrogens with two attached hydrogens (primary N) is 1. The lowest BCUT2D eigenvalue weighted by molar-refractivity contribution is -0.142. The number of aliphatic carboxylic acids is 2. The van der Waals surface area contributed by atoms with E-state index in [4.69, 9.17) is 10.8 Å². The molecular formula is C16H18N2O5. The van der Waals surface area contributed by atoms with E-state index in [0.717, 1.165) is 5.56 Å². The van der Waals surface area contributed by atoms with Gasteiger partial charge in [-0.25, -0.2) is 0 Å². The predicted molar refractivity (Wildman–Crippen MR) is 79.3 cm³/mol. The number of hydrogen-bond donors (Lipinski definition) is 3. The minimum absolute atomic E-state index is 0.311. The number of fused-ring (bicyclic) bond motifs is 1. The number of carbonyl (C=O) groups is 3. The smallest absolute Gasteiger partial charge is 0.320 e. The summed E-state index contributed by atoms with van der Waals surface area (Å²) in [5.74, 6) is -5.44. The molecule has 0 bridgehead atoms. The summed E-state index contributed by atoms with van der Waals surface area (Å²) in [6, 6.07) is 6.46. The highest BCUT2D eigenvalue weighted by Crippen LogP contribution is 2.49. The molecule has 3 rings (SSSR count). The fourth-order valence-electron chi connectivity index (χ4n) is 3.48. The predicted octanol–water partition coefficient (Wildman–Crippen LogP) is -0.0700. The number of rotatable bonds is 4. The molecule has 0 saturated heterocycles. The molecule has 1 saturated carbocycles. The first-order chi connectivity index (χ1) is 10.9. The van der Waals surface area contributed by atoms with Gasteiger partial charge in [-0.05, 0) is 17.5 Å². The molecule has 122 valence electrons. The van der Waals surface area contributed by atoms with E-state index in [1.165, 1.54) is 5.56 Å². The monoisotopic (exact) mass is 318 g/mol. The van der Waals surface area contributed by atoms with Crippen LogP contribution >= 0.6 is 0 Å². The van der Waals surface area contributed by atoms with Gasteiger partial charge < -0.3 is 20.8 Å². The molecule has 7 nitrogen and oxygen atoms in total. The molecule has 1 unspecified atom stereocenters. The summed E-state index contributed by atoms with van der Waals surface area (Å²) in [6.07, 6.45) is 0.710. The molecule has 0 spiro atoms. The summed E-state index contributed by atoms with van der Waals surface area (Å²) in [5.41, 5.74) is 7.77. The second-order valence-corrected chi connectivity index (χ2v) is 6.11. The van der Waals surface area contributed by atoms with Crippen LogP contribution in [0.25, 0.3) is 0 Å². The molecule has 1 heterocycles. The quantitative estimate of drug-likeness (QED) is 0.714. The number of hydrogen-bond acceptors (Lipinski definition) is 4. The van der Waals surface area contributed by atoms with Crippen molar-refractivity contribution in [1.82, 2.24) is 4.90 Å². The van der Waals surface area contributed by atoms with Gasteiger partial charge in [0, 0.05) is 19.0 Å². The van der Waals surface area contributed by atoms with Gasteiger partial charge in [0.1, 0.15) is 6.04 Å². The molecule has 1 aromatic rings. The Kier molecular flexibility index (Phi) is 3.81. The van der Waals surface area contributed by atoms with E-state index < -0.39 is 35.7 Å². The van der Waals surface area contributed by atoms with Gasteiger partial charge in [-0.2, -0.15) is 0 Å². The third-order valence-electron chi connectivity index (χ3n) is 4.79. The molecule has 0 radical (unpaired) electrons. The summed E-state index contributed by atoms with van der Waals surface area (Å²) < 4.78 is 0. The Balaban J connectivity index is 1.76. The normalized spacial score (nSPS) is 27.0. The van der Waals surface area contributed by atoms with Crippen LogP contribution in [-0.2, 0) is 27.3 Å². The number of carboxylic acids is 2. The molecule has 1 aliphatic heterocycles. The Morgan fingerprint density at radius 3 is 2.39 bits per heavy atom. The van der Waals surface area contributed by atoms with E-state index in [-0.39, 0.29) is 5.91 Å². The van der Waals surface area contributed by atoms with Crippen LogP contribution in [0.1, 0.15) is 11.1 Å². The average molecular weight is 318 g/mol. The zero-order valence-corrected chi connectivity index (χ0v) is 12.4. The van der Waals surface area contributed by atoms with Crippen molar-refractivity contribution in [2.24, 2.45) is 23.5 Å². The van der Waals surface area contributed by atoms with Crippen LogP contribution in [0.3, 0.4) is 0 Å². The molecule has 23 heavy (non-hydrogen) atoms. The molecule has 4 atom stereocenters. The van der Waals surface area contributed by atoms with E-state index >= 15 is 0 Å². The lowest BCUT2D eigenvalue weighted by Gasteiger charge is -2.29. The fourth-order valence-corrected chi connectivity index (χ4v) is 3.48. The second kappa shape index (κ2) is 5.66. The maximum atomic E-state index is 12.6. The highest BCUT2D eigenvalue weighted by molar-refractivity contribution is 5.92. The number of amides is 1. The summed E-state index contributed by atoms with van der Waals surface area (Å²) in [5, 5.41) is 18.2. The first kappa shape index (κ1) is 15.5. The van der Waals surface area contributed by atoms with Gasteiger partial charge in [-0.3, -0.25) is 14.4 Å². The van der Waals surface area contributed by atoms with Crippen molar-refractivity contribution in [3.8, 4) is 0 Å². The summed E-state index contributed by atoms with van der Waals surface area (Å²) >= 11 is 0. The summed E-state index contributed by atoms with van der Waals surface area (Å²) in [4.78, 5) is 36.5. The average Bonchev–Trinajstić information content (AvgIpc) is 3.28. The SMILES string of the molecule is NC(C(=O)O)[C@@H]1[C@@H](C(=O)O)[C@@H]1C(=O)N1CCc2ccccc2C1. The van der Waals surface area contributed by atoms with Gasteiger partial charge in [0.15, 0.2) is 0 Å². The number of carbonyl (C=O) groups excluding carboxylic acids is 1. The van der Waals surface area contributed by atoms with E-state index in [2.05, 4.69) is 0 Å². The fraction of sp³-hybridized carbons (Fsp3) is 0.438. The highest BCUT2D eigenvalue weighted by atomic mass is 16.4. The van der Waals surface area contributed by atoms with Crippen LogP contribution in [-0.4, -0.2) is 45.5 Å². The molecule has 4 N–H and O–H groups in total. The number of carboxylic acid groups (broad SMARTS) is 2. The van der Waals surface area contributed by atoms with Gasteiger partial charge in [-0.15, -0.1) is 0 Å².